The summed E-state index contributed by atoms with van der Waals surface area (Å²) < 4.78 is 0. The lowest BCUT2D eigenvalue weighted by molar-refractivity contribution is -0.116. The van der Waals surface area contributed by atoms with Gasteiger partial charge in [0.1, 0.15) is 0 Å². The molecule has 0 fully saturated rings. The summed E-state index contributed by atoms with van der Waals surface area (Å²) in [5, 5.41) is 13.5. The van der Waals surface area contributed by atoms with Crippen molar-refractivity contribution in [1.82, 2.24) is 5.32 Å². The highest BCUT2D eigenvalue weighted by atomic mass is 16.3. The molecule has 1 aliphatic heterocycles. The van der Waals surface area contributed by atoms with Crippen molar-refractivity contribution >= 4 is 11.6 Å². The Morgan fingerprint density at radius 2 is 2.20 bits per heavy atom. The number of hydrogen-bond acceptors (Lipinski definition) is 3. The highest BCUT2D eigenvalue weighted by molar-refractivity contribution is 5.92. The van der Waals surface area contributed by atoms with Crippen LogP contribution in [0.1, 0.15) is 44.4 Å². The van der Waals surface area contributed by atoms with Crippen molar-refractivity contribution in [3.05, 3.63) is 29.3 Å². The second-order valence-corrected chi connectivity index (χ2v) is 5.74. The summed E-state index contributed by atoms with van der Waals surface area (Å²) >= 11 is 0. The van der Waals surface area contributed by atoms with Crippen LogP contribution in [0.3, 0.4) is 0 Å². The third kappa shape index (κ3) is 3.38. The lowest BCUT2D eigenvalue weighted by Crippen LogP contribution is -2.34. The lowest BCUT2D eigenvalue weighted by Gasteiger charge is -2.29. The van der Waals surface area contributed by atoms with Crippen molar-refractivity contribution in [1.29, 1.82) is 0 Å². The van der Waals surface area contributed by atoms with Gasteiger partial charge in [0, 0.05) is 31.7 Å². The Morgan fingerprint density at radius 3 is 2.85 bits per heavy atom. The molecule has 1 atom stereocenters. The molecule has 1 aromatic carbocycles. The molecule has 0 saturated heterocycles. The Bertz CT molecular complexity index is 485. The number of hydrogen-bond donors (Lipinski definition) is 2. The summed E-state index contributed by atoms with van der Waals surface area (Å²) in [6.07, 6.45) is 1.46. The zero-order valence-corrected chi connectivity index (χ0v) is 12.5. The molecular weight excluding hydrogens is 252 g/mol. The van der Waals surface area contributed by atoms with Gasteiger partial charge in [-0.25, -0.2) is 0 Å². The number of carbonyl (C=O) groups excluding carboxylic acids is 1. The van der Waals surface area contributed by atoms with E-state index in [1.807, 2.05) is 23.1 Å². The third-order valence-corrected chi connectivity index (χ3v) is 3.71. The standard InChI is InChI=1S/C16H24N2O2/c1-11(2)17-10-16(20)14-7-6-13-5-4-8-18(12(3)19)15(13)9-14/h6-7,9,11,16-17,20H,4-5,8,10H2,1-3H3. The summed E-state index contributed by atoms with van der Waals surface area (Å²) in [4.78, 5) is 13.5. The van der Waals surface area contributed by atoms with Crippen LogP contribution in [0, 0.1) is 0 Å². The Hall–Kier alpha value is -1.39. The molecule has 1 aromatic rings. The van der Waals surface area contributed by atoms with Crippen molar-refractivity contribution < 1.29 is 9.90 Å². The Balaban J connectivity index is 2.21. The van der Waals surface area contributed by atoms with Crippen LogP contribution in [-0.4, -0.2) is 30.1 Å². The van der Waals surface area contributed by atoms with E-state index >= 15 is 0 Å². The van der Waals surface area contributed by atoms with Gasteiger partial charge >= 0.3 is 0 Å². The number of aliphatic hydroxyl groups is 1. The van der Waals surface area contributed by atoms with Crippen LogP contribution >= 0.6 is 0 Å². The van der Waals surface area contributed by atoms with E-state index in [1.54, 1.807) is 6.92 Å². The second-order valence-electron chi connectivity index (χ2n) is 5.74. The van der Waals surface area contributed by atoms with Crippen LogP contribution in [-0.2, 0) is 11.2 Å². The van der Waals surface area contributed by atoms with Crippen molar-refractivity contribution in [2.75, 3.05) is 18.0 Å². The normalized spacial score (nSPS) is 16.1. The average Bonchev–Trinajstić information content (AvgIpc) is 2.43. The molecule has 0 bridgehead atoms. The van der Waals surface area contributed by atoms with Crippen LogP contribution in [0.5, 0.6) is 0 Å². The molecule has 4 nitrogen and oxygen atoms in total. The summed E-state index contributed by atoms with van der Waals surface area (Å²) in [6.45, 7) is 7.00. The van der Waals surface area contributed by atoms with Gasteiger partial charge in [0.2, 0.25) is 5.91 Å². The van der Waals surface area contributed by atoms with Gasteiger partial charge in [0.25, 0.3) is 0 Å². The minimum absolute atomic E-state index is 0.0675. The summed E-state index contributed by atoms with van der Waals surface area (Å²) in [5.74, 6) is 0.0675. The van der Waals surface area contributed by atoms with Gasteiger partial charge in [-0.2, -0.15) is 0 Å². The van der Waals surface area contributed by atoms with Crippen LogP contribution in [0.2, 0.25) is 0 Å². The Labute approximate surface area is 120 Å². The molecule has 0 aromatic heterocycles. The maximum absolute atomic E-state index is 11.7. The molecule has 0 spiro atoms. The van der Waals surface area contributed by atoms with Crippen LogP contribution in [0.4, 0.5) is 5.69 Å². The van der Waals surface area contributed by atoms with E-state index in [9.17, 15) is 9.90 Å². The Morgan fingerprint density at radius 1 is 1.45 bits per heavy atom. The minimum atomic E-state index is -0.543. The van der Waals surface area contributed by atoms with Crippen LogP contribution in [0.25, 0.3) is 0 Å². The van der Waals surface area contributed by atoms with E-state index in [-0.39, 0.29) is 5.91 Å². The fraction of sp³-hybridized carbons (Fsp3) is 0.562. The van der Waals surface area contributed by atoms with Crippen molar-refractivity contribution in [3.8, 4) is 0 Å². The summed E-state index contributed by atoms with van der Waals surface area (Å²) in [6, 6.07) is 6.31. The SMILES string of the molecule is CC(=O)N1CCCc2ccc(C(O)CNC(C)C)cc21. The number of benzene rings is 1. The first-order valence-corrected chi connectivity index (χ1v) is 7.31. The van der Waals surface area contributed by atoms with Gasteiger partial charge in [-0.3, -0.25) is 4.79 Å². The molecule has 0 radical (unpaired) electrons. The first kappa shape index (κ1) is 15.0. The number of nitrogens with zero attached hydrogens (tertiary/aromatic N) is 1. The molecule has 1 heterocycles. The van der Waals surface area contributed by atoms with E-state index in [1.165, 1.54) is 5.56 Å². The highest BCUT2D eigenvalue weighted by Gasteiger charge is 2.21. The van der Waals surface area contributed by atoms with Gasteiger partial charge in [0.15, 0.2) is 0 Å². The molecule has 1 unspecified atom stereocenters. The van der Waals surface area contributed by atoms with E-state index < -0.39 is 6.10 Å². The maximum atomic E-state index is 11.7. The number of aryl methyl sites for hydroxylation is 1. The molecule has 2 rings (SSSR count). The van der Waals surface area contributed by atoms with Gasteiger partial charge < -0.3 is 15.3 Å². The zero-order chi connectivity index (χ0) is 14.7. The zero-order valence-electron chi connectivity index (χ0n) is 12.5. The average molecular weight is 276 g/mol. The lowest BCUT2D eigenvalue weighted by atomic mass is 9.97. The minimum Gasteiger partial charge on any atom is -0.387 e. The van der Waals surface area contributed by atoms with E-state index in [0.29, 0.717) is 12.6 Å². The van der Waals surface area contributed by atoms with Gasteiger partial charge in [-0.15, -0.1) is 0 Å². The van der Waals surface area contributed by atoms with Gasteiger partial charge in [-0.1, -0.05) is 26.0 Å². The highest BCUT2D eigenvalue weighted by Crippen LogP contribution is 2.30. The molecule has 0 aliphatic carbocycles. The number of amides is 1. The predicted octanol–water partition coefficient (Wildman–Crippen LogP) is 2.02. The molecule has 1 amide bonds. The monoisotopic (exact) mass is 276 g/mol. The van der Waals surface area contributed by atoms with Crippen molar-refractivity contribution in [2.45, 2.75) is 45.8 Å². The molecule has 0 saturated carbocycles. The topological polar surface area (TPSA) is 52.6 Å². The molecule has 20 heavy (non-hydrogen) atoms. The summed E-state index contributed by atoms with van der Waals surface area (Å²) in [7, 11) is 0. The Kier molecular flexibility index (Phi) is 4.78. The number of fused-ring (bicyclic) bond motifs is 1. The fourth-order valence-corrected chi connectivity index (χ4v) is 2.59. The van der Waals surface area contributed by atoms with Crippen LogP contribution in [0.15, 0.2) is 18.2 Å². The van der Waals surface area contributed by atoms with Gasteiger partial charge in [-0.05, 0) is 30.0 Å². The number of nitrogens with one attached hydrogen (secondary N) is 1. The van der Waals surface area contributed by atoms with Crippen molar-refractivity contribution in [2.24, 2.45) is 0 Å². The van der Waals surface area contributed by atoms with Gasteiger partial charge in [0.05, 0.1) is 6.10 Å². The number of carbonyl (C=O) groups is 1. The van der Waals surface area contributed by atoms with Crippen LogP contribution < -0.4 is 10.2 Å². The first-order valence-electron chi connectivity index (χ1n) is 7.31. The quantitative estimate of drug-likeness (QED) is 0.884. The first-order chi connectivity index (χ1) is 9.49. The van der Waals surface area contributed by atoms with E-state index in [4.69, 9.17) is 0 Å². The molecule has 110 valence electrons. The molecule has 2 N–H and O–H groups in total. The van der Waals surface area contributed by atoms with Crippen molar-refractivity contribution in [3.63, 3.8) is 0 Å². The number of aliphatic hydroxyl groups excluding tert-OH is 1. The third-order valence-electron chi connectivity index (χ3n) is 3.71. The van der Waals surface area contributed by atoms with E-state index in [2.05, 4.69) is 19.2 Å². The smallest absolute Gasteiger partial charge is 0.223 e. The predicted molar refractivity (Wildman–Crippen MR) is 80.9 cm³/mol. The fourth-order valence-electron chi connectivity index (χ4n) is 2.59. The number of rotatable bonds is 4. The molecule has 4 heteroatoms. The largest absolute Gasteiger partial charge is 0.387 e. The number of anilines is 1. The second kappa shape index (κ2) is 6.37. The maximum Gasteiger partial charge on any atom is 0.223 e. The molecular formula is C16H24N2O2. The van der Waals surface area contributed by atoms with E-state index in [0.717, 1.165) is 30.6 Å². The summed E-state index contributed by atoms with van der Waals surface area (Å²) in [5.41, 5.74) is 3.02. The molecule has 1 aliphatic rings.